The van der Waals surface area contributed by atoms with E-state index in [0.717, 1.165) is 55.4 Å². The van der Waals surface area contributed by atoms with Gasteiger partial charge < -0.3 is 8.98 Å². The summed E-state index contributed by atoms with van der Waals surface area (Å²) in [5, 5.41) is 4.53. The van der Waals surface area contributed by atoms with Crippen LogP contribution < -0.4 is 0 Å². The molecule has 5 heteroatoms. The summed E-state index contributed by atoms with van der Waals surface area (Å²) in [6.07, 6.45) is 0. The van der Waals surface area contributed by atoms with Gasteiger partial charge >= 0.3 is 0 Å². The minimum atomic E-state index is 0.597. The van der Waals surface area contributed by atoms with E-state index in [9.17, 15) is 0 Å². The number of hydrogen-bond acceptors (Lipinski definition) is 4. The van der Waals surface area contributed by atoms with Crippen LogP contribution in [0.2, 0.25) is 0 Å². The number of hydrogen-bond donors (Lipinski definition) is 0. The van der Waals surface area contributed by atoms with Gasteiger partial charge in [0.2, 0.25) is 0 Å². The molecule has 11 aromatic rings. The van der Waals surface area contributed by atoms with Crippen molar-refractivity contribution in [3.63, 3.8) is 0 Å². The molecule has 5 nitrogen and oxygen atoms in total. The zero-order valence-corrected chi connectivity index (χ0v) is 30.2. The van der Waals surface area contributed by atoms with Gasteiger partial charge in [0, 0.05) is 43.9 Å². The van der Waals surface area contributed by atoms with Crippen LogP contribution in [-0.4, -0.2) is 19.5 Å². The molecule has 0 aliphatic heterocycles. The van der Waals surface area contributed by atoms with Gasteiger partial charge in [-0.25, -0.2) is 15.0 Å². The minimum Gasteiger partial charge on any atom is -0.456 e. The highest BCUT2D eigenvalue weighted by molar-refractivity contribution is 6.12. The highest BCUT2D eigenvalue weighted by atomic mass is 16.3. The largest absolute Gasteiger partial charge is 0.456 e. The Bertz CT molecular complexity index is 3170. The Balaban J connectivity index is 1.01. The number of aromatic nitrogens is 4. The van der Waals surface area contributed by atoms with Gasteiger partial charge in [0.25, 0.3) is 0 Å². The summed E-state index contributed by atoms with van der Waals surface area (Å²) in [5.41, 5.74) is 12.5. The first-order valence-electron chi connectivity index (χ1n) is 18.8. The summed E-state index contributed by atoms with van der Waals surface area (Å²) in [5.74, 6) is 1.85. The zero-order chi connectivity index (χ0) is 37.0. The number of rotatable bonds is 6. The van der Waals surface area contributed by atoms with Crippen LogP contribution in [-0.2, 0) is 0 Å². The summed E-state index contributed by atoms with van der Waals surface area (Å²) >= 11 is 0. The van der Waals surface area contributed by atoms with Gasteiger partial charge in [0.05, 0.1) is 11.0 Å². The summed E-state index contributed by atoms with van der Waals surface area (Å²) in [7, 11) is 0. The number of fused-ring (bicyclic) bond motifs is 6. The third-order valence-corrected chi connectivity index (χ3v) is 10.7. The van der Waals surface area contributed by atoms with Crippen LogP contribution in [0.3, 0.4) is 0 Å². The van der Waals surface area contributed by atoms with Crippen LogP contribution in [0, 0.1) is 0 Å². The molecule has 3 aromatic heterocycles. The van der Waals surface area contributed by atoms with E-state index in [0.29, 0.717) is 17.5 Å². The van der Waals surface area contributed by atoms with Crippen molar-refractivity contribution in [2.24, 2.45) is 0 Å². The molecule has 0 aliphatic carbocycles. The van der Waals surface area contributed by atoms with Crippen LogP contribution in [0.4, 0.5) is 0 Å². The summed E-state index contributed by atoms with van der Waals surface area (Å²) in [6, 6.07) is 67.6. The standard InChI is InChI=1S/C51H32N4O/c1-5-13-33(14-6-1)37-21-25-41-44-29-36(24-28-45(44)55(46(41)30-37)40-19-11-4-12-20-40)38-22-26-42-43-27-23-39(32-48(43)56-47(42)31-38)51-53-49(34-15-7-2-8-16-34)52-50(54-51)35-17-9-3-10-18-35/h1-32H. The van der Waals surface area contributed by atoms with Crippen molar-refractivity contribution in [3.05, 3.63) is 194 Å². The predicted octanol–water partition coefficient (Wildman–Crippen LogP) is 13.2. The van der Waals surface area contributed by atoms with Crippen molar-refractivity contribution in [1.29, 1.82) is 0 Å². The molecule has 0 unspecified atom stereocenters. The Morgan fingerprint density at radius 1 is 0.304 bits per heavy atom. The smallest absolute Gasteiger partial charge is 0.164 e. The molecule has 8 aromatic carbocycles. The van der Waals surface area contributed by atoms with E-state index in [1.165, 1.54) is 32.9 Å². The fraction of sp³-hybridized carbons (Fsp3) is 0. The molecule has 56 heavy (non-hydrogen) atoms. The average molecular weight is 717 g/mol. The maximum absolute atomic E-state index is 6.61. The first-order valence-corrected chi connectivity index (χ1v) is 18.8. The van der Waals surface area contributed by atoms with Crippen LogP contribution in [0.25, 0.3) is 106 Å². The summed E-state index contributed by atoms with van der Waals surface area (Å²) in [4.78, 5) is 14.7. The van der Waals surface area contributed by atoms with Gasteiger partial charge in [-0.2, -0.15) is 0 Å². The maximum Gasteiger partial charge on any atom is 0.164 e. The normalized spacial score (nSPS) is 11.6. The molecule has 0 N–H and O–H groups in total. The van der Waals surface area contributed by atoms with Crippen LogP contribution in [0.15, 0.2) is 199 Å². The second-order valence-corrected chi connectivity index (χ2v) is 14.1. The summed E-state index contributed by atoms with van der Waals surface area (Å²) < 4.78 is 8.98. The topological polar surface area (TPSA) is 56.7 Å². The lowest BCUT2D eigenvalue weighted by molar-refractivity contribution is 0.669. The van der Waals surface area contributed by atoms with Crippen molar-refractivity contribution < 1.29 is 4.42 Å². The molecule has 0 spiro atoms. The molecule has 0 fully saturated rings. The molecular weight excluding hydrogens is 685 g/mol. The summed E-state index contributed by atoms with van der Waals surface area (Å²) in [6.45, 7) is 0. The lowest BCUT2D eigenvalue weighted by Crippen LogP contribution is -2.00. The van der Waals surface area contributed by atoms with Gasteiger partial charge in [0.15, 0.2) is 17.5 Å². The van der Waals surface area contributed by atoms with E-state index in [4.69, 9.17) is 19.4 Å². The maximum atomic E-state index is 6.61. The number of nitrogens with zero attached hydrogens (tertiary/aromatic N) is 4. The molecule has 0 amide bonds. The van der Waals surface area contributed by atoms with Crippen molar-refractivity contribution in [2.45, 2.75) is 0 Å². The van der Waals surface area contributed by atoms with Crippen molar-refractivity contribution >= 4 is 43.7 Å². The molecule has 3 heterocycles. The van der Waals surface area contributed by atoms with Crippen molar-refractivity contribution in [2.75, 3.05) is 0 Å². The van der Waals surface area contributed by atoms with Gasteiger partial charge in [0.1, 0.15) is 11.2 Å². The quantitative estimate of drug-likeness (QED) is 0.172. The molecule has 0 saturated carbocycles. The molecule has 0 saturated heterocycles. The predicted molar refractivity (Wildman–Crippen MR) is 229 cm³/mol. The number of para-hydroxylation sites is 1. The Morgan fingerprint density at radius 2 is 0.750 bits per heavy atom. The first kappa shape index (κ1) is 31.9. The number of furan rings is 1. The third-order valence-electron chi connectivity index (χ3n) is 10.7. The minimum absolute atomic E-state index is 0.597. The van der Waals surface area contributed by atoms with Crippen LogP contribution >= 0.6 is 0 Å². The fourth-order valence-corrected chi connectivity index (χ4v) is 7.90. The Morgan fingerprint density at radius 3 is 1.36 bits per heavy atom. The fourth-order valence-electron chi connectivity index (χ4n) is 7.90. The second kappa shape index (κ2) is 13.0. The lowest BCUT2D eigenvalue weighted by Gasteiger charge is -2.09. The molecule has 11 rings (SSSR count). The second-order valence-electron chi connectivity index (χ2n) is 14.1. The lowest BCUT2D eigenvalue weighted by atomic mass is 10.00. The van der Waals surface area contributed by atoms with Crippen LogP contribution in [0.1, 0.15) is 0 Å². The van der Waals surface area contributed by atoms with Crippen LogP contribution in [0.5, 0.6) is 0 Å². The van der Waals surface area contributed by atoms with E-state index in [2.05, 4.69) is 132 Å². The molecular formula is C51H32N4O. The van der Waals surface area contributed by atoms with Gasteiger partial charge in [-0.3, -0.25) is 0 Å². The number of benzene rings is 8. The molecule has 0 bridgehead atoms. The molecule has 262 valence electrons. The van der Waals surface area contributed by atoms with Gasteiger partial charge in [-0.05, 0) is 76.9 Å². The third kappa shape index (κ3) is 5.45. The first-order chi connectivity index (χ1) is 27.7. The van der Waals surface area contributed by atoms with E-state index in [-0.39, 0.29) is 0 Å². The zero-order valence-electron chi connectivity index (χ0n) is 30.2. The average Bonchev–Trinajstić information content (AvgIpc) is 3.81. The molecule has 0 atom stereocenters. The van der Waals surface area contributed by atoms with Crippen molar-refractivity contribution in [1.82, 2.24) is 19.5 Å². The van der Waals surface area contributed by atoms with E-state index in [1.807, 2.05) is 66.7 Å². The van der Waals surface area contributed by atoms with E-state index in [1.54, 1.807) is 0 Å². The monoisotopic (exact) mass is 716 g/mol. The Kier molecular flexibility index (Phi) is 7.42. The Labute approximate surface area is 322 Å². The highest BCUT2D eigenvalue weighted by Gasteiger charge is 2.17. The van der Waals surface area contributed by atoms with E-state index < -0.39 is 0 Å². The SMILES string of the molecule is c1ccc(-c2ccc3c4cc(-c5ccc6c(c5)oc5cc(-c7nc(-c8ccccc8)nc(-c8ccccc8)n7)ccc56)ccc4n(-c4ccccc4)c3c2)cc1. The van der Waals surface area contributed by atoms with Gasteiger partial charge in [-0.15, -0.1) is 0 Å². The highest BCUT2D eigenvalue weighted by Crippen LogP contribution is 2.39. The van der Waals surface area contributed by atoms with E-state index >= 15 is 0 Å². The van der Waals surface area contributed by atoms with Crippen molar-refractivity contribution in [3.8, 4) is 62.1 Å². The molecule has 0 aliphatic rings. The van der Waals surface area contributed by atoms with Gasteiger partial charge in [-0.1, -0.05) is 140 Å². The molecule has 0 radical (unpaired) electrons. The Hall–Kier alpha value is -7.63.